The fourth-order valence-corrected chi connectivity index (χ4v) is 6.46. The maximum absolute atomic E-state index is 14.4. The molecule has 0 aromatic heterocycles. The Hall–Kier alpha value is -4.14. The second kappa shape index (κ2) is 15.0. The highest BCUT2D eigenvalue weighted by molar-refractivity contribution is 7.92. The van der Waals surface area contributed by atoms with Crippen LogP contribution in [0.2, 0.25) is 5.02 Å². The fourth-order valence-electron chi connectivity index (χ4n) is 4.83. The molecule has 0 unspecified atom stereocenters. The van der Waals surface area contributed by atoms with E-state index in [4.69, 9.17) is 11.6 Å². The number of nitrogens with one attached hydrogen (secondary N) is 1. The molecule has 0 radical (unpaired) electrons. The van der Waals surface area contributed by atoms with E-state index in [0.29, 0.717) is 17.3 Å². The SMILES string of the molecule is CCCNC(=O)[C@H](Cc1ccccc1)N(Cc1cccc(Cl)c1)C(=O)CN(c1ccc(C)cc1)S(=O)(=O)c1ccc(C)cc1. The lowest BCUT2D eigenvalue weighted by atomic mass is 10.0. The Balaban J connectivity index is 1.79. The van der Waals surface area contributed by atoms with E-state index >= 15 is 0 Å². The van der Waals surface area contributed by atoms with Gasteiger partial charge >= 0.3 is 0 Å². The molecule has 9 heteroatoms. The van der Waals surface area contributed by atoms with Crippen LogP contribution in [0.15, 0.2) is 108 Å². The number of benzene rings is 4. The van der Waals surface area contributed by atoms with Crippen LogP contribution in [-0.4, -0.2) is 44.3 Å². The van der Waals surface area contributed by atoms with Gasteiger partial charge in [0.25, 0.3) is 10.0 Å². The van der Waals surface area contributed by atoms with Crippen molar-refractivity contribution in [3.8, 4) is 0 Å². The topological polar surface area (TPSA) is 86.8 Å². The zero-order chi connectivity index (χ0) is 31.7. The lowest BCUT2D eigenvalue weighted by Crippen LogP contribution is -2.53. The first-order valence-corrected chi connectivity index (χ1v) is 16.4. The maximum atomic E-state index is 14.4. The Kier molecular flexibility index (Phi) is 11.2. The Labute approximate surface area is 265 Å². The average molecular weight is 632 g/mol. The Bertz CT molecular complexity index is 1660. The molecule has 1 atom stereocenters. The summed E-state index contributed by atoms with van der Waals surface area (Å²) in [6, 6.07) is 29.1. The molecular weight excluding hydrogens is 594 g/mol. The average Bonchev–Trinajstić information content (AvgIpc) is 3.01. The van der Waals surface area contributed by atoms with Gasteiger partial charge in [0.2, 0.25) is 11.8 Å². The van der Waals surface area contributed by atoms with E-state index in [9.17, 15) is 18.0 Å². The third-order valence-electron chi connectivity index (χ3n) is 7.27. The summed E-state index contributed by atoms with van der Waals surface area (Å²) in [5.41, 5.74) is 3.80. The first-order valence-electron chi connectivity index (χ1n) is 14.6. The zero-order valence-corrected chi connectivity index (χ0v) is 26.8. The first kappa shape index (κ1) is 32.8. The van der Waals surface area contributed by atoms with Gasteiger partial charge in [-0.25, -0.2) is 8.42 Å². The number of nitrogens with zero attached hydrogens (tertiary/aromatic N) is 2. The molecule has 7 nitrogen and oxygen atoms in total. The summed E-state index contributed by atoms with van der Waals surface area (Å²) in [5, 5.41) is 3.44. The highest BCUT2D eigenvalue weighted by atomic mass is 35.5. The molecule has 0 bridgehead atoms. The number of halogens is 1. The van der Waals surface area contributed by atoms with Gasteiger partial charge in [-0.3, -0.25) is 13.9 Å². The summed E-state index contributed by atoms with van der Waals surface area (Å²) >= 11 is 6.29. The maximum Gasteiger partial charge on any atom is 0.264 e. The standard InChI is InChI=1S/C35H38ClN3O4S/c1-4-21-37-35(41)33(23-28-9-6-5-7-10-28)38(24-29-11-8-12-30(36)22-29)34(40)25-39(31-17-13-26(2)14-18-31)44(42,43)32-19-15-27(3)16-20-32/h5-20,22,33H,4,21,23-25H2,1-3H3,(H,37,41)/t33-/m0/s1. The molecule has 4 aromatic rings. The van der Waals surface area contributed by atoms with E-state index in [0.717, 1.165) is 33.0 Å². The molecule has 0 fully saturated rings. The van der Waals surface area contributed by atoms with E-state index in [2.05, 4.69) is 5.32 Å². The van der Waals surface area contributed by atoms with E-state index in [-0.39, 0.29) is 23.8 Å². The molecule has 0 aliphatic rings. The van der Waals surface area contributed by atoms with Crippen LogP contribution < -0.4 is 9.62 Å². The van der Waals surface area contributed by atoms with E-state index in [1.807, 2.05) is 57.2 Å². The van der Waals surface area contributed by atoms with Crippen LogP contribution in [0.1, 0.15) is 35.6 Å². The van der Waals surface area contributed by atoms with Gasteiger partial charge in [-0.2, -0.15) is 0 Å². The predicted octanol–water partition coefficient (Wildman–Crippen LogP) is 6.32. The number of hydrogen-bond acceptors (Lipinski definition) is 4. The zero-order valence-electron chi connectivity index (χ0n) is 25.2. The van der Waals surface area contributed by atoms with Gasteiger partial charge in [0.1, 0.15) is 12.6 Å². The molecule has 0 aliphatic carbocycles. The van der Waals surface area contributed by atoms with Gasteiger partial charge in [0, 0.05) is 24.5 Å². The van der Waals surface area contributed by atoms with Gasteiger partial charge in [-0.1, -0.05) is 96.4 Å². The lowest BCUT2D eigenvalue weighted by molar-refractivity contribution is -0.140. The van der Waals surface area contributed by atoms with Crippen molar-refractivity contribution in [3.05, 3.63) is 130 Å². The molecule has 0 saturated carbocycles. The summed E-state index contributed by atoms with van der Waals surface area (Å²) in [7, 11) is -4.15. The third kappa shape index (κ3) is 8.49. The summed E-state index contributed by atoms with van der Waals surface area (Å²) in [5.74, 6) is -0.830. The van der Waals surface area contributed by atoms with Gasteiger partial charge in [0.05, 0.1) is 10.6 Å². The molecule has 230 valence electrons. The van der Waals surface area contributed by atoms with Crippen molar-refractivity contribution in [2.45, 2.75) is 51.1 Å². The number of aryl methyl sites for hydroxylation is 2. The van der Waals surface area contributed by atoms with Crippen LogP contribution in [0, 0.1) is 13.8 Å². The van der Waals surface area contributed by atoms with Gasteiger partial charge < -0.3 is 10.2 Å². The number of hydrogen-bond donors (Lipinski definition) is 1. The molecule has 0 spiro atoms. The van der Waals surface area contributed by atoms with E-state index < -0.39 is 28.5 Å². The second-order valence-corrected chi connectivity index (χ2v) is 13.1. The molecule has 44 heavy (non-hydrogen) atoms. The second-order valence-electron chi connectivity index (χ2n) is 10.8. The van der Waals surface area contributed by atoms with Crippen LogP contribution in [0.25, 0.3) is 0 Å². The largest absolute Gasteiger partial charge is 0.354 e. The number of anilines is 1. The van der Waals surface area contributed by atoms with Crippen molar-refractivity contribution in [2.75, 3.05) is 17.4 Å². The Morgan fingerprint density at radius 3 is 2.05 bits per heavy atom. The predicted molar refractivity (Wildman–Crippen MR) is 176 cm³/mol. The minimum absolute atomic E-state index is 0.0583. The monoisotopic (exact) mass is 631 g/mol. The van der Waals surface area contributed by atoms with Crippen molar-refractivity contribution < 1.29 is 18.0 Å². The third-order valence-corrected chi connectivity index (χ3v) is 9.30. The van der Waals surface area contributed by atoms with Crippen molar-refractivity contribution in [1.29, 1.82) is 0 Å². The Morgan fingerprint density at radius 1 is 0.818 bits per heavy atom. The van der Waals surface area contributed by atoms with Crippen LogP contribution in [0.5, 0.6) is 0 Å². The Morgan fingerprint density at radius 2 is 1.43 bits per heavy atom. The summed E-state index contributed by atoms with van der Waals surface area (Å²) < 4.78 is 29.3. The van der Waals surface area contributed by atoms with Crippen LogP contribution in [-0.2, 0) is 32.6 Å². The number of sulfonamides is 1. The summed E-state index contributed by atoms with van der Waals surface area (Å²) in [4.78, 5) is 29.7. The smallest absolute Gasteiger partial charge is 0.264 e. The van der Waals surface area contributed by atoms with Gasteiger partial charge in [-0.15, -0.1) is 0 Å². The number of amides is 2. The molecule has 1 N–H and O–H groups in total. The normalized spacial score (nSPS) is 11.9. The van der Waals surface area contributed by atoms with E-state index in [1.54, 1.807) is 54.6 Å². The molecule has 0 aliphatic heterocycles. The van der Waals surface area contributed by atoms with Crippen molar-refractivity contribution in [2.24, 2.45) is 0 Å². The van der Waals surface area contributed by atoms with Gasteiger partial charge in [0.15, 0.2) is 0 Å². The molecule has 0 saturated heterocycles. The highest BCUT2D eigenvalue weighted by Gasteiger charge is 2.34. The fraction of sp³-hybridized carbons (Fsp3) is 0.257. The van der Waals surface area contributed by atoms with Crippen molar-refractivity contribution >= 4 is 39.1 Å². The number of carbonyl (C=O) groups is 2. The molecule has 0 heterocycles. The van der Waals surface area contributed by atoms with Crippen molar-refractivity contribution in [1.82, 2.24) is 10.2 Å². The number of carbonyl (C=O) groups excluding carboxylic acids is 2. The molecular formula is C35H38ClN3O4S. The molecule has 2 amide bonds. The van der Waals surface area contributed by atoms with Crippen molar-refractivity contribution in [3.63, 3.8) is 0 Å². The summed E-state index contributed by atoms with van der Waals surface area (Å²) in [6.45, 7) is 5.73. The van der Waals surface area contributed by atoms with Crippen LogP contribution in [0.4, 0.5) is 5.69 Å². The number of rotatable bonds is 13. The molecule has 4 rings (SSSR count). The van der Waals surface area contributed by atoms with E-state index in [1.165, 1.54) is 17.0 Å². The summed E-state index contributed by atoms with van der Waals surface area (Å²) in [6.07, 6.45) is 0.972. The van der Waals surface area contributed by atoms with Crippen LogP contribution >= 0.6 is 11.6 Å². The van der Waals surface area contributed by atoms with Gasteiger partial charge in [-0.05, 0) is 67.8 Å². The minimum atomic E-state index is -4.15. The molecule has 4 aromatic carbocycles. The lowest BCUT2D eigenvalue weighted by Gasteiger charge is -2.34. The first-order chi connectivity index (χ1) is 21.1. The minimum Gasteiger partial charge on any atom is -0.354 e. The highest BCUT2D eigenvalue weighted by Crippen LogP contribution is 2.26. The van der Waals surface area contributed by atoms with Crippen LogP contribution in [0.3, 0.4) is 0 Å². The quantitative estimate of drug-likeness (QED) is 0.187.